The molecule has 0 spiro atoms. The molecule has 0 bridgehead atoms. The lowest BCUT2D eigenvalue weighted by Gasteiger charge is -2.14. The minimum atomic E-state index is 0. The fourth-order valence-electron chi connectivity index (χ4n) is 2.16. The predicted molar refractivity (Wildman–Crippen MR) is 106 cm³/mol. The molecule has 126 valence electrons. The largest absolute Gasteiger partial charge is 0.357 e. The summed E-state index contributed by atoms with van der Waals surface area (Å²) in [5, 5.41) is 6.56. The van der Waals surface area contributed by atoms with Crippen LogP contribution in [-0.4, -0.2) is 28.1 Å². The number of aromatic nitrogens is 2. The molecular weight excluding hydrogens is 401 g/mol. The van der Waals surface area contributed by atoms with Gasteiger partial charge in [-0.05, 0) is 26.3 Å². The van der Waals surface area contributed by atoms with Crippen LogP contribution in [0.4, 0.5) is 0 Å². The fourth-order valence-corrected chi connectivity index (χ4v) is 2.16. The highest BCUT2D eigenvalue weighted by molar-refractivity contribution is 14.0. The van der Waals surface area contributed by atoms with Crippen molar-refractivity contribution >= 4 is 29.9 Å². The average Bonchev–Trinajstić information content (AvgIpc) is 2.93. The van der Waals surface area contributed by atoms with Crippen LogP contribution < -0.4 is 10.6 Å². The first kappa shape index (κ1) is 19.5. The molecular formula is C17H26IN5. The topological polar surface area (TPSA) is 54.2 Å². The Morgan fingerprint density at radius 3 is 2.65 bits per heavy atom. The second-order valence-electron chi connectivity index (χ2n) is 5.45. The quantitative estimate of drug-likeness (QED) is 0.424. The number of hydrogen-bond donors (Lipinski definition) is 2. The van der Waals surface area contributed by atoms with Crippen LogP contribution in [0.3, 0.4) is 0 Å². The molecule has 23 heavy (non-hydrogen) atoms. The number of nitrogens with one attached hydrogen (secondary N) is 2. The molecule has 2 rings (SSSR count). The summed E-state index contributed by atoms with van der Waals surface area (Å²) in [5.74, 6) is 1.79. The van der Waals surface area contributed by atoms with Gasteiger partial charge in [-0.1, -0.05) is 30.3 Å². The minimum absolute atomic E-state index is 0. The molecule has 0 amide bonds. The van der Waals surface area contributed by atoms with E-state index in [1.807, 2.05) is 18.5 Å². The van der Waals surface area contributed by atoms with Gasteiger partial charge in [-0.3, -0.25) is 0 Å². The number of hydrogen-bond acceptors (Lipinski definition) is 2. The molecule has 5 nitrogen and oxygen atoms in total. The van der Waals surface area contributed by atoms with Crippen LogP contribution in [0.1, 0.15) is 32.2 Å². The third-order valence-electron chi connectivity index (χ3n) is 3.15. The maximum absolute atomic E-state index is 4.61. The van der Waals surface area contributed by atoms with Gasteiger partial charge in [-0.2, -0.15) is 0 Å². The number of benzene rings is 1. The second kappa shape index (κ2) is 10.3. The summed E-state index contributed by atoms with van der Waals surface area (Å²) in [6.45, 7) is 8.49. The fraction of sp³-hybridized carbons (Fsp3) is 0.412. The van der Waals surface area contributed by atoms with E-state index in [0.717, 1.165) is 24.9 Å². The van der Waals surface area contributed by atoms with E-state index in [-0.39, 0.29) is 24.0 Å². The van der Waals surface area contributed by atoms with Crippen LogP contribution in [0.15, 0.2) is 47.7 Å². The standard InChI is InChI=1S/C17H25N5.HI/c1-4-18-17(21-14(2)3)20-12-16-19-10-11-22(16)13-15-8-6-5-7-9-15;/h5-11,14H,4,12-13H2,1-3H3,(H2,18,20,21);1H. The molecule has 1 aromatic heterocycles. The molecule has 1 heterocycles. The van der Waals surface area contributed by atoms with Crippen molar-refractivity contribution in [2.75, 3.05) is 6.54 Å². The van der Waals surface area contributed by atoms with E-state index in [2.05, 4.69) is 70.2 Å². The highest BCUT2D eigenvalue weighted by Gasteiger charge is 2.05. The van der Waals surface area contributed by atoms with Crippen molar-refractivity contribution in [1.82, 2.24) is 20.2 Å². The highest BCUT2D eigenvalue weighted by Crippen LogP contribution is 2.06. The van der Waals surface area contributed by atoms with Gasteiger partial charge in [0.15, 0.2) is 5.96 Å². The van der Waals surface area contributed by atoms with Gasteiger partial charge in [0.25, 0.3) is 0 Å². The normalized spacial score (nSPS) is 11.2. The van der Waals surface area contributed by atoms with E-state index in [0.29, 0.717) is 12.6 Å². The molecule has 1 aromatic carbocycles. The zero-order valence-corrected chi connectivity index (χ0v) is 16.3. The smallest absolute Gasteiger partial charge is 0.191 e. The summed E-state index contributed by atoms with van der Waals surface area (Å²) in [6.07, 6.45) is 3.83. The van der Waals surface area contributed by atoms with Crippen LogP contribution in [-0.2, 0) is 13.1 Å². The summed E-state index contributed by atoms with van der Waals surface area (Å²) in [6, 6.07) is 10.7. The van der Waals surface area contributed by atoms with Crippen molar-refractivity contribution in [3.8, 4) is 0 Å². The van der Waals surface area contributed by atoms with Gasteiger partial charge < -0.3 is 15.2 Å². The van der Waals surface area contributed by atoms with Gasteiger partial charge in [0.1, 0.15) is 12.4 Å². The van der Waals surface area contributed by atoms with E-state index < -0.39 is 0 Å². The Balaban J connectivity index is 0.00000264. The minimum Gasteiger partial charge on any atom is -0.357 e. The lowest BCUT2D eigenvalue weighted by Crippen LogP contribution is -2.41. The van der Waals surface area contributed by atoms with Crippen molar-refractivity contribution in [1.29, 1.82) is 0 Å². The van der Waals surface area contributed by atoms with Crippen molar-refractivity contribution in [3.05, 3.63) is 54.1 Å². The van der Waals surface area contributed by atoms with Gasteiger partial charge in [-0.25, -0.2) is 9.98 Å². The average molecular weight is 427 g/mol. The van der Waals surface area contributed by atoms with Crippen molar-refractivity contribution in [2.24, 2.45) is 4.99 Å². The lowest BCUT2D eigenvalue weighted by molar-refractivity contribution is 0.687. The van der Waals surface area contributed by atoms with Gasteiger partial charge >= 0.3 is 0 Å². The Morgan fingerprint density at radius 1 is 1.26 bits per heavy atom. The summed E-state index contributed by atoms with van der Waals surface area (Å²) in [4.78, 5) is 9.03. The van der Waals surface area contributed by atoms with Crippen LogP contribution in [0, 0.1) is 0 Å². The summed E-state index contributed by atoms with van der Waals surface area (Å²) in [5.41, 5.74) is 1.26. The van der Waals surface area contributed by atoms with Crippen molar-refractivity contribution in [3.63, 3.8) is 0 Å². The first-order valence-electron chi connectivity index (χ1n) is 7.77. The summed E-state index contributed by atoms with van der Waals surface area (Å²) >= 11 is 0. The predicted octanol–water partition coefficient (Wildman–Crippen LogP) is 3.01. The third kappa shape index (κ3) is 6.60. The number of imidazole rings is 1. The van der Waals surface area contributed by atoms with Crippen LogP contribution in [0.5, 0.6) is 0 Å². The molecule has 0 aliphatic heterocycles. The van der Waals surface area contributed by atoms with Crippen LogP contribution >= 0.6 is 24.0 Å². The summed E-state index contributed by atoms with van der Waals surface area (Å²) < 4.78 is 2.14. The van der Waals surface area contributed by atoms with Gasteiger partial charge in [0.05, 0.1) is 0 Å². The first-order valence-corrected chi connectivity index (χ1v) is 7.77. The third-order valence-corrected chi connectivity index (χ3v) is 3.15. The Kier molecular flexibility index (Phi) is 8.68. The van der Waals surface area contributed by atoms with Gasteiger partial charge in [-0.15, -0.1) is 24.0 Å². The number of nitrogens with zero attached hydrogens (tertiary/aromatic N) is 3. The molecule has 2 N–H and O–H groups in total. The van der Waals surface area contributed by atoms with Crippen LogP contribution in [0.2, 0.25) is 0 Å². The summed E-state index contributed by atoms with van der Waals surface area (Å²) in [7, 11) is 0. The van der Waals surface area contributed by atoms with Crippen molar-refractivity contribution < 1.29 is 0 Å². The SMILES string of the molecule is CCNC(=NCc1nccn1Cc1ccccc1)NC(C)C.I. The lowest BCUT2D eigenvalue weighted by atomic mass is 10.2. The maximum Gasteiger partial charge on any atom is 0.191 e. The molecule has 0 fully saturated rings. The Morgan fingerprint density at radius 2 is 2.00 bits per heavy atom. The number of guanidine groups is 1. The molecule has 0 saturated carbocycles. The van der Waals surface area contributed by atoms with E-state index >= 15 is 0 Å². The molecule has 0 aliphatic rings. The van der Waals surface area contributed by atoms with Crippen molar-refractivity contribution in [2.45, 2.75) is 39.9 Å². The molecule has 0 radical (unpaired) electrons. The molecule has 0 aliphatic carbocycles. The Bertz CT molecular complexity index is 592. The first-order chi connectivity index (χ1) is 10.7. The number of aliphatic imine (C=N–C) groups is 1. The maximum atomic E-state index is 4.61. The van der Waals surface area contributed by atoms with Gasteiger partial charge in [0, 0.05) is 31.5 Å². The monoisotopic (exact) mass is 427 g/mol. The van der Waals surface area contributed by atoms with Crippen LogP contribution in [0.25, 0.3) is 0 Å². The molecule has 2 aromatic rings. The van der Waals surface area contributed by atoms with E-state index in [4.69, 9.17) is 0 Å². The van der Waals surface area contributed by atoms with Gasteiger partial charge in [0.2, 0.25) is 0 Å². The molecule has 0 unspecified atom stereocenters. The number of halogens is 1. The van der Waals surface area contributed by atoms with E-state index in [1.54, 1.807) is 0 Å². The molecule has 6 heteroatoms. The highest BCUT2D eigenvalue weighted by atomic mass is 127. The second-order valence-corrected chi connectivity index (χ2v) is 5.45. The Hall–Kier alpha value is -1.57. The molecule has 0 atom stereocenters. The molecule has 0 saturated heterocycles. The van der Waals surface area contributed by atoms with E-state index in [1.165, 1.54) is 5.56 Å². The zero-order valence-electron chi connectivity index (χ0n) is 14.0. The number of rotatable bonds is 6. The van der Waals surface area contributed by atoms with E-state index in [9.17, 15) is 0 Å². The zero-order chi connectivity index (χ0) is 15.8. The Labute approximate surface area is 155 Å².